The molecule has 0 aromatic heterocycles. The molecule has 0 aromatic rings. The Morgan fingerprint density at radius 1 is 1.50 bits per heavy atom. The Morgan fingerprint density at radius 2 is 2.06 bits per heavy atom. The topological polar surface area (TPSA) is 52.6 Å². The fourth-order valence-corrected chi connectivity index (χ4v) is 0.990. The fourth-order valence-electron chi connectivity index (χ4n) is 0.990. The number of amides is 1. The number of carbonyl (C=O) groups is 1. The predicted molar refractivity (Wildman–Crippen MR) is 52.9 cm³/mol. The highest BCUT2D eigenvalue weighted by atomic mass is 19.4. The minimum Gasteiger partial charge on any atom is -0.395 e. The number of aliphatic hydroxyl groups excluding tert-OH is 1. The molecule has 2 N–H and O–H groups in total. The van der Waals surface area contributed by atoms with Crippen molar-refractivity contribution >= 4 is 5.91 Å². The Balaban J connectivity index is 3.65. The van der Waals surface area contributed by atoms with Crippen molar-refractivity contribution in [1.82, 2.24) is 10.2 Å². The van der Waals surface area contributed by atoms with E-state index in [1.807, 2.05) is 0 Å². The summed E-state index contributed by atoms with van der Waals surface area (Å²) in [5.74, 6) is -1.91. The molecule has 0 rings (SSSR count). The zero-order valence-electron chi connectivity index (χ0n) is 9.34. The number of carbonyl (C=O) groups excluding carboxylic acids is 1. The molecule has 0 heterocycles. The summed E-state index contributed by atoms with van der Waals surface area (Å²) in [6, 6.07) is -0.0432. The standard InChI is InChI=1S/C9H17F3N2O2/c1-7(6-15)14(2)5-3-4-13-8(16)9(10,11)12/h7,15H,3-6H2,1-2H3,(H,13,16). The van der Waals surface area contributed by atoms with E-state index in [2.05, 4.69) is 0 Å². The minimum atomic E-state index is -4.82. The zero-order valence-corrected chi connectivity index (χ0v) is 9.34. The lowest BCUT2D eigenvalue weighted by Gasteiger charge is -2.22. The van der Waals surface area contributed by atoms with E-state index in [9.17, 15) is 18.0 Å². The Morgan fingerprint density at radius 3 is 2.50 bits per heavy atom. The third-order valence-corrected chi connectivity index (χ3v) is 2.25. The van der Waals surface area contributed by atoms with Crippen molar-refractivity contribution in [1.29, 1.82) is 0 Å². The normalized spacial score (nSPS) is 13.9. The molecule has 0 aromatic carbocycles. The van der Waals surface area contributed by atoms with E-state index < -0.39 is 12.1 Å². The van der Waals surface area contributed by atoms with Crippen LogP contribution in [0.1, 0.15) is 13.3 Å². The van der Waals surface area contributed by atoms with Gasteiger partial charge < -0.3 is 15.3 Å². The number of alkyl halides is 3. The van der Waals surface area contributed by atoms with Gasteiger partial charge >= 0.3 is 12.1 Å². The number of nitrogens with zero attached hydrogens (tertiary/aromatic N) is 1. The SMILES string of the molecule is CC(CO)N(C)CCCNC(=O)C(F)(F)F. The number of likely N-dealkylation sites (N-methyl/N-ethyl adjacent to an activating group) is 1. The average Bonchev–Trinajstić information content (AvgIpc) is 2.20. The van der Waals surface area contributed by atoms with Crippen molar-refractivity contribution in [3.63, 3.8) is 0 Å². The molecule has 0 radical (unpaired) electrons. The van der Waals surface area contributed by atoms with Gasteiger partial charge in [-0.05, 0) is 26.9 Å². The number of hydrogen-bond acceptors (Lipinski definition) is 3. The van der Waals surface area contributed by atoms with Crippen LogP contribution in [0.25, 0.3) is 0 Å². The first-order valence-electron chi connectivity index (χ1n) is 4.95. The van der Waals surface area contributed by atoms with Crippen LogP contribution in [0.2, 0.25) is 0 Å². The number of hydrogen-bond donors (Lipinski definition) is 2. The molecule has 96 valence electrons. The second kappa shape index (κ2) is 6.70. The summed E-state index contributed by atoms with van der Waals surface area (Å²) in [5.41, 5.74) is 0. The van der Waals surface area contributed by atoms with Crippen LogP contribution in [-0.4, -0.2) is 54.9 Å². The first kappa shape index (κ1) is 15.2. The van der Waals surface area contributed by atoms with Gasteiger partial charge in [-0.15, -0.1) is 0 Å². The van der Waals surface area contributed by atoms with Crippen LogP contribution in [-0.2, 0) is 4.79 Å². The number of nitrogens with one attached hydrogen (secondary N) is 1. The van der Waals surface area contributed by atoms with Gasteiger partial charge in [-0.25, -0.2) is 0 Å². The molecular formula is C9H17F3N2O2. The highest BCUT2D eigenvalue weighted by Crippen LogP contribution is 2.13. The van der Waals surface area contributed by atoms with E-state index in [-0.39, 0.29) is 19.2 Å². The zero-order chi connectivity index (χ0) is 12.8. The maximum absolute atomic E-state index is 11.8. The van der Waals surface area contributed by atoms with Crippen molar-refractivity contribution in [2.24, 2.45) is 0 Å². The van der Waals surface area contributed by atoms with Crippen LogP contribution < -0.4 is 5.32 Å². The number of aliphatic hydroxyl groups is 1. The van der Waals surface area contributed by atoms with Crippen LogP contribution in [0.5, 0.6) is 0 Å². The second-order valence-corrected chi connectivity index (χ2v) is 3.62. The monoisotopic (exact) mass is 242 g/mol. The molecule has 4 nitrogen and oxygen atoms in total. The van der Waals surface area contributed by atoms with Crippen LogP contribution >= 0.6 is 0 Å². The molecule has 0 saturated carbocycles. The van der Waals surface area contributed by atoms with Gasteiger partial charge in [0.15, 0.2) is 0 Å². The van der Waals surface area contributed by atoms with Gasteiger partial charge in [0.25, 0.3) is 0 Å². The molecular weight excluding hydrogens is 225 g/mol. The van der Waals surface area contributed by atoms with Gasteiger partial charge in [0, 0.05) is 12.6 Å². The summed E-state index contributed by atoms with van der Waals surface area (Å²) in [7, 11) is 1.76. The Bertz CT molecular complexity index is 221. The van der Waals surface area contributed by atoms with Gasteiger partial charge in [0.1, 0.15) is 0 Å². The van der Waals surface area contributed by atoms with Crippen LogP contribution in [0, 0.1) is 0 Å². The highest BCUT2D eigenvalue weighted by molar-refractivity contribution is 5.81. The van der Waals surface area contributed by atoms with Crippen LogP contribution in [0.4, 0.5) is 13.2 Å². The molecule has 1 unspecified atom stereocenters. The van der Waals surface area contributed by atoms with Gasteiger partial charge in [-0.2, -0.15) is 13.2 Å². The third-order valence-electron chi connectivity index (χ3n) is 2.25. The first-order valence-corrected chi connectivity index (χ1v) is 4.95. The lowest BCUT2D eigenvalue weighted by molar-refractivity contribution is -0.173. The van der Waals surface area contributed by atoms with Crippen molar-refractivity contribution in [3.05, 3.63) is 0 Å². The van der Waals surface area contributed by atoms with Gasteiger partial charge in [0.2, 0.25) is 0 Å². The van der Waals surface area contributed by atoms with Crippen molar-refractivity contribution in [3.8, 4) is 0 Å². The molecule has 0 aliphatic heterocycles. The maximum Gasteiger partial charge on any atom is 0.471 e. The Kier molecular flexibility index (Phi) is 6.35. The molecule has 0 aliphatic carbocycles. The average molecular weight is 242 g/mol. The maximum atomic E-state index is 11.8. The highest BCUT2D eigenvalue weighted by Gasteiger charge is 2.38. The summed E-state index contributed by atoms with van der Waals surface area (Å²) in [5, 5.41) is 10.6. The molecule has 0 fully saturated rings. The lowest BCUT2D eigenvalue weighted by atomic mass is 10.3. The van der Waals surface area contributed by atoms with Crippen LogP contribution in [0.3, 0.4) is 0 Å². The first-order chi connectivity index (χ1) is 7.29. The summed E-state index contributed by atoms with van der Waals surface area (Å²) in [4.78, 5) is 12.2. The predicted octanol–water partition coefficient (Wildman–Crippen LogP) is 0.368. The van der Waals surface area contributed by atoms with E-state index in [4.69, 9.17) is 5.11 Å². The molecule has 1 atom stereocenters. The van der Waals surface area contributed by atoms with Gasteiger partial charge in [-0.3, -0.25) is 4.79 Å². The number of rotatable bonds is 6. The summed E-state index contributed by atoms with van der Waals surface area (Å²) in [6.45, 7) is 2.28. The van der Waals surface area contributed by atoms with E-state index in [0.717, 1.165) is 0 Å². The third kappa shape index (κ3) is 5.92. The van der Waals surface area contributed by atoms with Crippen molar-refractivity contribution < 1.29 is 23.1 Å². The minimum absolute atomic E-state index is 0.00852. The molecule has 16 heavy (non-hydrogen) atoms. The van der Waals surface area contributed by atoms with E-state index in [1.165, 1.54) is 0 Å². The Hall–Kier alpha value is -0.820. The quantitative estimate of drug-likeness (QED) is 0.662. The largest absolute Gasteiger partial charge is 0.471 e. The molecule has 1 amide bonds. The van der Waals surface area contributed by atoms with Gasteiger partial charge in [0.05, 0.1) is 6.61 Å². The molecule has 0 bridgehead atoms. The Labute approximate surface area is 92.4 Å². The van der Waals surface area contributed by atoms with E-state index in [0.29, 0.717) is 13.0 Å². The smallest absolute Gasteiger partial charge is 0.395 e. The molecule has 0 saturated heterocycles. The summed E-state index contributed by atoms with van der Waals surface area (Å²) in [6.07, 6.45) is -4.41. The lowest BCUT2D eigenvalue weighted by Crippen LogP contribution is -2.39. The van der Waals surface area contributed by atoms with Gasteiger partial charge in [-0.1, -0.05) is 0 Å². The van der Waals surface area contributed by atoms with E-state index in [1.54, 1.807) is 24.2 Å². The molecule has 7 heteroatoms. The summed E-state index contributed by atoms with van der Waals surface area (Å²) < 4.78 is 35.3. The molecule has 0 aliphatic rings. The molecule has 0 spiro atoms. The summed E-state index contributed by atoms with van der Waals surface area (Å²) >= 11 is 0. The number of halogens is 3. The van der Waals surface area contributed by atoms with E-state index >= 15 is 0 Å². The van der Waals surface area contributed by atoms with Crippen molar-refractivity contribution in [2.75, 3.05) is 26.7 Å². The second-order valence-electron chi connectivity index (χ2n) is 3.62. The van der Waals surface area contributed by atoms with Crippen molar-refractivity contribution in [2.45, 2.75) is 25.6 Å². The fraction of sp³-hybridized carbons (Fsp3) is 0.889. The van der Waals surface area contributed by atoms with Crippen LogP contribution in [0.15, 0.2) is 0 Å².